The monoisotopic (exact) mass is 471 g/mol. The van der Waals surface area contributed by atoms with Gasteiger partial charge in [0.2, 0.25) is 0 Å². The summed E-state index contributed by atoms with van der Waals surface area (Å²) in [6.07, 6.45) is 1.54. The number of para-hydroxylation sites is 2. The van der Waals surface area contributed by atoms with Gasteiger partial charge < -0.3 is 0 Å². The standard InChI is InChI=1S/C25H15Cl2N5O/c26-16-9-11-17(12-10-16)32-23-21(22-24(32)30-20-8-4-3-7-19(20)29-22)25(33)31(14-28-23)13-15-5-1-2-6-18(15)27/h1-12,14H,13H2. The molecule has 3 aromatic heterocycles. The van der Waals surface area contributed by atoms with E-state index in [9.17, 15) is 4.79 Å². The Morgan fingerprint density at radius 2 is 1.48 bits per heavy atom. The minimum Gasteiger partial charge on any atom is -0.294 e. The van der Waals surface area contributed by atoms with Gasteiger partial charge in [-0.05, 0) is 48.0 Å². The zero-order valence-corrected chi connectivity index (χ0v) is 18.6. The molecule has 0 saturated heterocycles. The summed E-state index contributed by atoms with van der Waals surface area (Å²) in [5.74, 6) is 0. The molecule has 0 atom stereocenters. The van der Waals surface area contributed by atoms with E-state index in [2.05, 4.69) is 4.98 Å². The van der Waals surface area contributed by atoms with Gasteiger partial charge in [0, 0.05) is 15.7 Å². The lowest BCUT2D eigenvalue weighted by molar-refractivity contribution is 0.747. The van der Waals surface area contributed by atoms with E-state index in [4.69, 9.17) is 33.2 Å². The van der Waals surface area contributed by atoms with E-state index < -0.39 is 0 Å². The van der Waals surface area contributed by atoms with Crippen LogP contribution < -0.4 is 5.56 Å². The Morgan fingerprint density at radius 3 is 2.24 bits per heavy atom. The zero-order valence-electron chi connectivity index (χ0n) is 17.1. The summed E-state index contributed by atoms with van der Waals surface area (Å²) in [6, 6.07) is 22.4. The lowest BCUT2D eigenvalue weighted by Crippen LogP contribution is -2.21. The summed E-state index contributed by atoms with van der Waals surface area (Å²) in [4.78, 5) is 28.0. The summed E-state index contributed by atoms with van der Waals surface area (Å²) in [5.41, 5.74) is 4.42. The van der Waals surface area contributed by atoms with Crippen molar-refractivity contribution in [2.45, 2.75) is 6.54 Å². The van der Waals surface area contributed by atoms with E-state index in [1.165, 1.54) is 0 Å². The van der Waals surface area contributed by atoms with E-state index in [0.29, 0.717) is 44.3 Å². The van der Waals surface area contributed by atoms with E-state index in [1.807, 2.05) is 59.2 Å². The Bertz CT molecular complexity index is 1740. The summed E-state index contributed by atoms with van der Waals surface area (Å²) >= 11 is 12.4. The molecule has 0 radical (unpaired) electrons. The van der Waals surface area contributed by atoms with Gasteiger partial charge in [-0.2, -0.15) is 0 Å². The zero-order chi connectivity index (χ0) is 22.5. The molecule has 0 amide bonds. The molecule has 33 heavy (non-hydrogen) atoms. The maximum absolute atomic E-state index is 13.7. The first-order valence-electron chi connectivity index (χ1n) is 10.3. The lowest BCUT2D eigenvalue weighted by Gasteiger charge is -2.09. The van der Waals surface area contributed by atoms with Crippen LogP contribution in [0.25, 0.3) is 38.9 Å². The number of rotatable bonds is 3. The second kappa shape index (κ2) is 7.69. The van der Waals surface area contributed by atoms with Crippen LogP contribution in [-0.2, 0) is 6.54 Å². The van der Waals surface area contributed by atoms with E-state index in [0.717, 1.165) is 16.8 Å². The van der Waals surface area contributed by atoms with Crippen LogP contribution in [0.4, 0.5) is 0 Å². The summed E-state index contributed by atoms with van der Waals surface area (Å²) in [7, 11) is 0. The number of nitrogens with zero attached hydrogens (tertiary/aromatic N) is 5. The molecule has 0 fully saturated rings. The minimum atomic E-state index is -0.206. The highest BCUT2D eigenvalue weighted by Crippen LogP contribution is 2.29. The molecule has 6 aromatic rings. The van der Waals surface area contributed by atoms with Crippen LogP contribution in [0, 0.1) is 0 Å². The highest BCUT2D eigenvalue weighted by Gasteiger charge is 2.21. The number of aromatic nitrogens is 5. The van der Waals surface area contributed by atoms with Crippen LogP contribution in [0.5, 0.6) is 0 Å². The van der Waals surface area contributed by atoms with Crippen molar-refractivity contribution in [3.05, 3.63) is 105 Å². The van der Waals surface area contributed by atoms with Gasteiger partial charge in [-0.3, -0.25) is 13.9 Å². The fourth-order valence-corrected chi connectivity index (χ4v) is 4.35. The third-order valence-corrected chi connectivity index (χ3v) is 6.23. The first kappa shape index (κ1) is 19.9. The molecule has 6 rings (SSSR count). The Hall–Kier alpha value is -3.74. The van der Waals surface area contributed by atoms with Gasteiger partial charge in [-0.25, -0.2) is 15.0 Å². The normalized spacial score (nSPS) is 11.6. The largest absolute Gasteiger partial charge is 0.294 e. The van der Waals surface area contributed by atoms with Crippen molar-refractivity contribution in [1.29, 1.82) is 0 Å². The smallest absolute Gasteiger partial charge is 0.265 e. The molecule has 3 aromatic carbocycles. The van der Waals surface area contributed by atoms with Gasteiger partial charge in [0.15, 0.2) is 11.3 Å². The van der Waals surface area contributed by atoms with Crippen LogP contribution in [0.3, 0.4) is 0 Å². The highest BCUT2D eigenvalue weighted by atomic mass is 35.5. The first-order valence-corrected chi connectivity index (χ1v) is 11.0. The molecule has 6 nitrogen and oxygen atoms in total. The Balaban J connectivity index is 1.69. The van der Waals surface area contributed by atoms with Crippen LogP contribution in [0.1, 0.15) is 5.56 Å². The number of hydrogen-bond acceptors (Lipinski definition) is 4. The quantitative estimate of drug-likeness (QED) is 0.335. The average Bonchev–Trinajstić information content (AvgIpc) is 3.15. The second-order valence-electron chi connectivity index (χ2n) is 7.66. The van der Waals surface area contributed by atoms with E-state index in [-0.39, 0.29) is 5.56 Å². The van der Waals surface area contributed by atoms with Crippen molar-refractivity contribution in [1.82, 2.24) is 24.1 Å². The van der Waals surface area contributed by atoms with Crippen LogP contribution >= 0.6 is 23.2 Å². The van der Waals surface area contributed by atoms with Crippen molar-refractivity contribution in [2.24, 2.45) is 0 Å². The number of fused-ring (bicyclic) bond motifs is 4. The number of hydrogen-bond donors (Lipinski definition) is 0. The average molecular weight is 472 g/mol. The highest BCUT2D eigenvalue weighted by molar-refractivity contribution is 6.31. The summed E-state index contributed by atoms with van der Waals surface area (Å²) in [6.45, 7) is 0.302. The van der Waals surface area contributed by atoms with Crippen molar-refractivity contribution < 1.29 is 0 Å². The predicted octanol–water partition coefficient (Wildman–Crippen LogP) is 5.64. The van der Waals surface area contributed by atoms with Gasteiger partial charge in [0.25, 0.3) is 5.56 Å². The molecule has 8 heteroatoms. The molecule has 0 unspecified atom stereocenters. The molecule has 0 N–H and O–H groups in total. The van der Waals surface area contributed by atoms with Crippen molar-refractivity contribution >= 4 is 56.4 Å². The predicted molar refractivity (Wildman–Crippen MR) is 131 cm³/mol. The summed E-state index contributed by atoms with van der Waals surface area (Å²) < 4.78 is 3.40. The van der Waals surface area contributed by atoms with Crippen LogP contribution in [0.15, 0.2) is 83.9 Å². The molecular weight excluding hydrogens is 457 g/mol. The SMILES string of the molecule is O=c1c2c3nc4ccccc4nc3n(-c3ccc(Cl)cc3)c2ncn1Cc1ccccc1Cl. The van der Waals surface area contributed by atoms with E-state index >= 15 is 0 Å². The molecule has 3 heterocycles. The van der Waals surface area contributed by atoms with Gasteiger partial charge in [0.1, 0.15) is 17.2 Å². The van der Waals surface area contributed by atoms with Gasteiger partial charge in [0.05, 0.1) is 17.6 Å². The second-order valence-corrected chi connectivity index (χ2v) is 8.51. The van der Waals surface area contributed by atoms with Crippen molar-refractivity contribution in [2.75, 3.05) is 0 Å². The lowest BCUT2D eigenvalue weighted by atomic mass is 10.2. The molecule has 0 saturated carbocycles. The first-order chi connectivity index (χ1) is 16.1. The molecule has 0 aliphatic heterocycles. The molecule has 160 valence electrons. The van der Waals surface area contributed by atoms with Gasteiger partial charge in [-0.15, -0.1) is 0 Å². The maximum atomic E-state index is 13.7. The molecule has 0 aliphatic rings. The van der Waals surface area contributed by atoms with E-state index in [1.54, 1.807) is 29.1 Å². The summed E-state index contributed by atoms with van der Waals surface area (Å²) in [5, 5.41) is 1.62. The third-order valence-electron chi connectivity index (χ3n) is 5.61. The maximum Gasteiger partial charge on any atom is 0.265 e. The van der Waals surface area contributed by atoms with Crippen molar-refractivity contribution in [3.63, 3.8) is 0 Å². The topological polar surface area (TPSA) is 65.6 Å². The molecule has 0 aliphatic carbocycles. The fourth-order valence-electron chi connectivity index (χ4n) is 4.03. The Labute approximate surface area is 197 Å². The molecular formula is C25H15Cl2N5O. The molecule has 0 bridgehead atoms. The van der Waals surface area contributed by atoms with Crippen molar-refractivity contribution in [3.8, 4) is 5.69 Å². The van der Waals surface area contributed by atoms with Crippen LogP contribution in [0.2, 0.25) is 10.0 Å². The fraction of sp³-hybridized carbons (Fsp3) is 0.0400. The van der Waals surface area contributed by atoms with Crippen LogP contribution in [-0.4, -0.2) is 24.1 Å². The van der Waals surface area contributed by atoms with Gasteiger partial charge in [-0.1, -0.05) is 53.5 Å². The Morgan fingerprint density at radius 1 is 0.788 bits per heavy atom. The number of benzene rings is 3. The van der Waals surface area contributed by atoms with Gasteiger partial charge >= 0.3 is 0 Å². The minimum absolute atomic E-state index is 0.206. The third kappa shape index (κ3) is 3.26. The Kier molecular flexibility index (Phi) is 4.64. The molecule has 0 spiro atoms. The number of halogens is 2.